The predicted octanol–water partition coefficient (Wildman–Crippen LogP) is 6.17. The molecule has 2 N–H and O–H groups in total. The van der Waals surface area contributed by atoms with E-state index in [1.54, 1.807) is 0 Å². The number of ketones is 1. The second kappa shape index (κ2) is 9.55. The molecule has 0 aliphatic rings. The second-order valence-electron chi connectivity index (χ2n) is 10.8. The molecule has 0 spiro atoms. The molecule has 2 aromatic carbocycles. The maximum atomic E-state index is 13.9. The topological polar surface area (TPSA) is 104 Å². The number of alkyl halides is 3. The average molecular weight is 556 g/mol. The number of benzene rings is 2. The van der Waals surface area contributed by atoms with Crippen molar-refractivity contribution in [1.29, 1.82) is 0 Å². The molecule has 1 unspecified atom stereocenters. The van der Waals surface area contributed by atoms with Gasteiger partial charge in [0.2, 0.25) is 16.0 Å². The van der Waals surface area contributed by atoms with Gasteiger partial charge in [-0.3, -0.25) is 4.79 Å². The number of Topliss-reactive ketones (excluding diaryl/α,β-unsaturated/α-hetero) is 1. The number of halogens is 3. The Hall–Kier alpha value is -2.70. The Labute approximate surface area is 216 Å². The highest BCUT2D eigenvalue weighted by Gasteiger charge is 2.42. The SMILES string of the molecule is CC(C)S(=O)(=O)n1c(N)nc2ccc(C(=O)C(O[Si](C)(C)C(C)(C)C)c3cccc(C(F)(F)F)c3)cc21. The molecule has 37 heavy (non-hydrogen) atoms. The van der Waals surface area contributed by atoms with Gasteiger partial charge in [-0.15, -0.1) is 0 Å². The lowest BCUT2D eigenvalue weighted by Crippen LogP contribution is -2.43. The smallest absolute Gasteiger partial charge is 0.403 e. The van der Waals surface area contributed by atoms with Crippen LogP contribution in [0.1, 0.15) is 62.2 Å². The van der Waals surface area contributed by atoms with Gasteiger partial charge in [0, 0.05) is 5.56 Å². The van der Waals surface area contributed by atoms with Crippen LogP contribution in [0.4, 0.5) is 19.1 Å². The Morgan fingerprint density at radius 1 is 1.08 bits per heavy atom. The van der Waals surface area contributed by atoms with E-state index in [1.807, 2.05) is 33.9 Å². The molecule has 1 aromatic heterocycles. The van der Waals surface area contributed by atoms with Crippen LogP contribution in [0.2, 0.25) is 18.1 Å². The Morgan fingerprint density at radius 2 is 1.70 bits per heavy atom. The summed E-state index contributed by atoms with van der Waals surface area (Å²) in [4.78, 5) is 18.0. The van der Waals surface area contributed by atoms with Gasteiger partial charge >= 0.3 is 6.18 Å². The number of imidazole rings is 1. The molecule has 0 amide bonds. The molecule has 0 saturated heterocycles. The molecule has 0 radical (unpaired) electrons. The van der Waals surface area contributed by atoms with E-state index < -0.39 is 47.2 Å². The summed E-state index contributed by atoms with van der Waals surface area (Å²) in [7, 11) is -6.56. The first-order valence-corrected chi connectivity index (χ1v) is 16.1. The van der Waals surface area contributed by atoms with Gasteiger partial charge < -0.3 is 10.2 Å². The molecular weight excluding hydrogens is 523 g/mol. The van der Waals surface area contributed by atoms with E-state index in [0.29, 0.717) is 0 Å². The van der Waals surface area contributed by atoms with E-state index in [0.717, 1.165) is 16.1 Å². The summed E-state index contributed by atoms with van der Waals surface area (Å²) in [6.07, 6.45) is -5.94. The van der Waals surface area contributed by atoms with Crippen molar-refractivity contribution in [2.24, 2.45) is 0 Å². The van der Waals surface area contributed by atoms with E-state index in [1.165, 1.54) is 44.2 Å². The van der Waals surface area contributed by atoms with Gasteiger partial charge in [-0.05, 0) is 67.9 Å². The van der Waals surface area contributed by atoms with Crippen molar-refractivity contribution in [3.05, 3.63) is 59.2 Å². The zero-order valence-electron chi connectivity index (χ0n) is 21.8. The van der Waals surface area contributed by atoms with Crippen molar-refractivity contribution in [2.75, 3.05) is 5.73 Å². The minimum atomic E-state index is -4.60. The highest BCUT2D eigenvalue weighted by Crippen LogP contribution is 2.41. The first-order valence-electron chi connectivity index (χ1n) is 11.7. The summed E-state index contributed by atoms with van der Waals surface area (Å²) in [6.45, 7) is 12.6. The van der Waals surface area contributed by atoms with Crippen molar-refractivity contribution in [3.63, 3.8) is 0 Å². The van der Waals surface area contributed by atoms with Gasteiger partial charge in [0.1, 0.15) is 6.10 Å². The summed E-state index contributed by atoms with van der Waals surface area (Å²) < 4.78 is 73.6. The minimum absolute atomic E-state index is 0.0626. The summed E-state index contributed by atoms with van der Waals surface area (Å²) >= 11 is 0. The number of nitrogens with two attached hydrogens (primary N) is 1. The normalized spacial score (nSPS) is 14.4. The van der Waals surface area contributed by atoms with Crippen LogP contribution in [0, 0.1) is 0 Å². The number of aromatic nitrogens is 2. The average Bonchev–Trinajstić information content (AvgIpc) is 3.11. The second-order valence-corrected chi connectivity index (χ2v) is 17.9. The van der Waals surface area contributed by atoms with Crippen LogP contribution in [0.5, 0.6) is 0 Å². The van der Waals surface area contributed by atoms with Gasteiger partial charge in [-0.1, -0.05) is 32.9 Å². The van der Waals surface area contributed by atoms with Gasteiger partial charge in [-0.2, -0.15) is 13.2 Å². The van der Waals surface area contributed by atoms with E-state index in [4.69, 9.17) is 10.2 Å². The van der Waals surface area contributed by atoms with Gasteiger partial charge in [0.25, 0.3) is 0 Å². The first-order chi connectivity index (χ1) is 16.8. The van der Waals surface area contributed by atoms with Crippen LogP contribution in [0.15, 0.2) is 42.5 Å². The molecule has 3 aromatic rings. The molecule has 0 fully saturated rings. The summed E-state index contributed by atoms with van der Waals surface area (Å²) in [5, 5.41) is -1.15. The van der Waals surface area contributed by atoms with E-state index >= 15 is 0 Å². The molecule has 0 saturated carbocycles. The van der Waals surface area contributed by atoms with Crippen molar-refractivity contribution in [1.82, 2.24) is 8.96 Å². The molecule has 0 bridgehead atoms. The Balaban J connectivity index is 2.21. The first kappa shape index (κ1) is 28.9. The van der Waals surface area contributed by atoms with Crippen molar-refractivity contribution < 1.29 is 30.8 Å². The van der Waals surface area contributed by atoms with E-state index in [-0.39, 0.29) is 33.1 Å². The molecule has 1 atom stereocenters. The van der Waals surface area contributed by atoms with E-state index in [2.05, 4.69) is 4.98 Å². The number of fused-ring (bicyclic) bond motifs is 1. The molecule has 0 aliphatic carbocycles. The maximum absolute atomic E-state index is 13.9. The third kappa shape index (κ3) is 5.60. The fourth-order valence-electron chi connectivity index (χ4n) is 3.48. The fourth-order valence-corrected chi connectivity index (χ4v) is 5.81. The minimum Gasteiger partial charge on any atom is -0.403 e. The highest BCUT2D eigenvalue weighted by atomic mass is 32.2. The van der Waals surface area contributed by atoms with Crippen LogP contribution in [0.25, 0.3) is 11.0 Å². The van der Waals surface area contributed by atoms with Crippen LogP contribution in [-0.2, 0) is 20.6 Å². The summed E-state index contributed by atoms with van der Waals surface area (Å²) in [5.41, 5.74) is 5.50. The molecule has 7 nitrogen and oxygen atoms in total. The molecule has 202 valence electrons. The number of nitrogens with zero attached hydrogens (tertiary/aromatic N) is 2. The zero-order chi connectivity index (χ0) is 28.1. The van der Waals surface area contributed by atoms with Gasteiger partial charge in [0.15, 0.2) is 14.1 Å². The van der Waals surface area contributed by atoms with Crippen LogP contribution >= 0.6 is 0 Å². The lowest BCUT2D eigenvalue weighted by molar-refractivity contribution is -0.137. The van der Waals surface area contributed by atoms with Gasteiger partial charge in [-0.25, -0.2) is 17.4 Å². The van der Waals surface area contributed by atoms with Crippen molar-refractivity contribution in [3.8, 4) is 0 Å². The number of carbonyl (C=O) groups excluding carboxylic acids is 1. The van der Waals surface area contributed by atoms with Crippen LogP contribution < -0.4 is 5.73 Å². The number of carbonyl (C=O) groups is 1. The maximum Gasteiger partial charge on any atom is 0.416 e. The standard InChI is InChI=1S/C25H32F3N3O4SSi/c1-15(2)36(33,34)31-20-14-16(11-12-19(20)30-23(31)29)21(32)22(35-37(6,7)24(3,4)5)17-9-8-10-18(13-17)25(26,27)28/h8-15,22H,1-7H3,(H2,29,30). The number of hydrogen-bond acceptors (Lipinski definition) is 6. The Kier molecular flexibility index (Phi) is 7.45. The number of hydrogen-bond donors (Lipinski definition) is 1. The lowest BCUT2D eigenvalue weighted by Gasteiger charge is -2.39. The van der Waals surface area contributed by atoms with Crippen LogP contribution in [0.3, 0.4) is 0 Å². The van der Waals surface area contributed by atoms with E-state index in [9.17, 15) is 26.4 Å². The van der Waals surface area contributed by atoms with Crippen molar-refractivity contribution >= 4 is 41.1 Å². The zero-order valence-corrected chi connectivity index (χ0v) is 23.7. The van der Waals surface area contributed by atoms with Crippen molar-refractivity contribution in [2.45, 2.75) is 70.3 Å². The summed E-state index contributed by atoms with van der Waals surface area (Å²) in [5.74, 6) is -0.848. The van der Waals surface area contributed by atoms with Crippen LogP contribution in [-0.4, -0.2) is 36.7 Å². The third-order valence-electron chi connectivity index (χ3n) is 6.75. The molecule has 1 heterocycles. The number of nitrogen functional groups attached to an aromatic ring is 1. The fraction of sp³-hybridized carbons (Fsp3) is 0.440. The largest absolute Gasteiger partial charge is 0.416 e. The monoisotopic (exact) mass is 555 g/mol. The Morgan fingerprint density at radius 3 is 2.24 bits per heavy atom. The third-order valence-corrected chi connectivity index (χ3v) is 13.3. The van der Waals surface area contributed by atoms with Gasteiger partial charge in [0.05, 0.1) is 21.8 Å². The molecular formula is C25H32F3N3O4SSi. The summed E-state index contributed by atoms with van der Waals surface area (Å²) in [6, 6.07) is 8.76. The number of anilines is 1. The quantitative estimate of drug-likeness (QED) is 0.276. The highest BCUT2D eigenvalue weighted by molar-refractivity contribution is 7.90. The molecule has 12 heteroatoms. The predicted molar refractivity (Wildman–Crippen MR) is 140 cm³/mol. The molecule has 3 rings (SSSR count). The lowest BCUT2D eigenvalue weighted by atomic mass is 9.98. The molecule has 0 aliphatic heterocycles. The Bertz CT molecular complexity index is 1440. The number of rotatable bonds is 7.